The van der Waals surface area contributed by atoms with Gasteiger partial charge in [0.2, 0.25) is 0 Å². The normalized spacial score (nSPS) is 11.8. The van der Waals surface area contributed by atoms with Crippen LogP contribution >= 0.6 is 0 Å². The lowest BCUT2D eigenvalue weighted by molar-refractivity contribution is 1.18. The van der Waals surface area contributed by atoms with Crippen molar-refractivity contribution in [3.63, 3.8) is 0 Å². The van der Waals surface area contributed by atoms with Crippen molar-refractivity contribution in [1.29, 1.82) is 5.26 Å². The van der Waals surface area contributed by atoms with Gasteiger partial charge in [-0.05, 0) is 107 Å². The van der Waals surface area contributed by atoms with E-state index in [0.29, 0.717) is 5.56 Å². The van der Waals surface area contributed by atoms with E-state index in [2.05, 4.69) is 174 Å². The fourth-order valence-electron chi connectivity index (χ4n) is 8.92. The summed E-state index contributed by atoms with van der Waals surface area (Å²) in [6.45, 7) is 0. The summed E-state index contributed by atoms with van der Waals surface area (Å²) < 4.78 is 2.30. The molecule has 0 aliphatic heterocycles. The van der Waals surface area contributed by atoms with Gasteiger partial charge in [0.05, 0.1) is 22.7 Å². The summed E-state index contributed by atoms with van der Waals surface area (Å²) in [7, 11) is 0. The molecule has 11 rings (SSSR count). The van der Waals surface area contributed by atoms with Gasteiger partial charge in [0.25, 0.3) is 0 Å². The van der Waals surface area contributed by atoms with Crippen molar-refractivity contribution in [2.75, 3.05) is 0 Å². The summed E-state index contributed by atoms with van der Waals surface area (Å²) in [5, 5.41) is 22.2. The molecule has 0 aliphatic carbocycles. The van der Waals surface area contributed by atoms with Crippen LogP contribution in [0.25, 0.3) is 104 Å². The number of benzene rings is 10. The highest BCUT2D eigenvalue weighted by Crippen LogP contribution is 2.47. The molecule has 0 amide bonds. The van der Waals surface area contributed by atoms with Crippen molar-refractivity contribution in [1.82, 2.24) is 4.57 Å². The van der Waals surface area contributed by atoms with E-state index in [-0.39, 0.29) is 0 Å². The Morgan fingerprint density at radius 3 is 1.72 bits per heavy atom. The molecular formula is C51H30N2. The van der Waals surface area contributed by atoms with Gasteiger partial charge in [-0.3, -0.25) is 0 Å². The van der Waals surface area contributed by atoms with Crippen LogP contribution in [0.5, 0.6) is 0 Å². The summed E-state index contributed by atoms with van der Waals surface area (Å²) in [5.41, 5.74) is 11.3. The second-order valence-corrected chi connectivity index (χ2v) is 13.9. The molecule has 0 spiro atoms. The van der Waals surface area contributed by atoms with Gasteiger partial charge in [-0.25, -0.2) is 0 Å². The second kappa shape index (κ2) is 11.4. The van der Waals surface area contributed by atoms with Crippen LogP contribution in [0.1, 0.15) is 5.56 Å². The number of hydrogen-bond acceptors (Lipinski definition) is 1. The Hall–Kier alpha value is -7.21. The molecule has 0 unspecified atom stereocenters. The van der Waals surface area contributed by atoms with E-state index in [4.69, 9.17) is 0 Å². The monoisotopic (exact) mass is 670 g/mol. The van der Waals surface area contributed by atoms with Gasteiger partial charge in [0, 0.05) is 16.5 Å². The van der Waals surface area contributed by atoms with Crippen LogP contribution < -0.4 is 0 Å². The minimum absolute atomic E-state index is 0.668. The Balaban J connectivity index is 1.11. The van der Waals surface area contributed by atoms with Crippen molar-refractivity contribution >= 4 is 64.9 Å². The van der Waals surface area contributed by atoms with E-state index in [1.807, 2.05) is 18.2 Å². The molecule has 53 heavy (non-hydrogen) atoms. The molecule has 0 atom stereocenters. The van der Waals surface area contributed by atoms with E-state index >= 15 is 0 Å². The molecule has 0 aliphatic rings. The standard InChI is InChI=1S/C51H30N2/c52-31-32-29-36-25-26-45-39(27-28-46-51(45)49(36)47(30-32)53(46)37-13-2-1-3-14-37)34-21-23-35(24-22-34)48-41-16-6-8-18-43(41)50(44-19-9-7-17-42(44)48)40-20-10-12-33-11-4-5-15-38(33)40/h1-30H. The van der Waals surface area contributed by atoms with Crippen LogP contribution in [-0.2, 0) is 0 Å². The largest absolute Gasteiger partial charge is 0.309 e. The molecular weight excluding hydrogens is 641 g/mol. The number of para-hydroxylation sites is 1. The number of nitriles is 1. The summed E-state index contributed by atoms with van der Waals surface area (Å²) >= 11 is 0. The smallest absolute Gasteiger partial charge is 0.0992 e. The highest BCUT2D eigenvalue weighted by Gasteiger charge is 2.21. The first kappa shape index (κ1) is 29.5. The molecule has 0 N–H and O–H groups in total. The zero-order valence-corrected chi connectivity index (χ0v) is 28.7. The fraction of sp³-hybridized carbons (Fsp3) is 0. The third-order valence-corrected chi connectivity index (χ3v) is 11.2. The van der Waals surface area contributed by atoms with Gasteiger partial charge in [-0.2, -0.15) is 5.26 Å². The molecule has 1 aromatic heterocycles. The molecule has 0 bridgehead atoms. The van der Waals surface area contributed by atoms with Crippen molar-refractivity contribution < 1.29 is 0 Å². The maximum atomic E-state index is 9.90. The Labute approximate surface area is 306 Å². The van der Waals surface area contributed by atoms with E-state index in [1.54, 1.807) is 0 Å². The van der Waals surface area contributed by atoms with Crippen molar-refractivity contribution in [2.24, 2.45) is 0 Å². The molecule has 11 aromatic rings. The van der Waals surface area contributed by atoms with Gasteiger partial charge in [-0.15, -0.1) is 0 Å². The van der Waals surface area contributed by atoms with Crippen molar-refractivity contribution in [3.05, 3.63) is 188 Å². The Morgan fingerprint density at radius 2 is 1.00 bits per heavy atom. The van der Waals surface area contributed by atoms with Gasteiger partial charge >= 0.3 is 0 Å². The predicted molar refractivity (Wildman–Crippen MR) is 223 cm³/mol. The quantitative estimate of drug-likeness (QED) is 0.135. The van der Waals surface area contributed by atoms with E-state index in [9.17, 15) is 5.26 Å². The second-order valence-electron chi connectivity index (χ2n) is 13.9. The summed E-state index contributed by atoms with van der Waals surface area (Å²) in [5.74, 6) is 0. The lowest BCUT2D eigenvalue weighted by Gasteiger charge is -2.19. The first-order chi connectivity index (χ1) is 26.3. The topological polar surface area (TPSA) is 28.7 Å². The van der Waals surface area contributed by atoms with Crippen LogP contribution in [0.3, 0.4) is 0 Å². The average molecular weight is 671 g/mol. The van der Waals surface area contributed by atoms with Gasteiger partial charge in [0.1, 0.15) is 0 Å². The number of hydrogen-bond donors (Lipinski definition) is 0. The first-order valence-corrected chi connectivity index (χ1v) is 18.1. The number of aromatic nitrogens is 1. The zero-order chi connectivity index (χ0) is 35.0. The highest BCUT2D eigenvalue weighted by molar-refractivity contribution is 6.27. The molecule has 0 saturated heterocycles. The zero-order valence-electron chi connectivity index (χ0n) is 28.7. The maximum absolute atomic E-state index is 9.90. The molecule has 244 valence electrons. The lowest BCUT2D eigenvalue weighted by atomic mass is 9.84. The predicted octanol–water partition coefficient (Wildman–Crippen LogP) is 13.7. The lowest BCUT2D eigenvalue weighted by Crippen LogP contribution is -1.93. The van der Waals surface area contributed by atoms with Crippen molar-refractivity contribution in [2.45, 2.75) is 0 Å². The fourth-order valence-corrected chi connectivity index (χ4v) is 8.92. The van der Waals surface area contributed by atoms with E-state index in [0.717, 1.165) is 22.1 Å². The van der Waals surface area contributed by atoms with Crippen LogP contribution in [0.2, 0.25) is 0 Å². The summed E-state index contributed by atoms with van der Waals surface area (Å²) in [6.07, 6.45) is 0. The summed E-state index contributed by atoms with van der Waals surface area (Å²) in [4.78, 5) is 0. The van der Waals surface area contributed by atoms with Crippen molar-refractivity contribution in [3.8, 4) is 45.1 Å². The number of rotatable bonds is 4. The summed E-state index contributed by atoms with van der Waals surface area (Å²) in [6, 6.07) is 68.1. The molecule has 0 saturated carbocycles. The highest BCUT2D eigenvalue weighted by atomic mass is 15.0. The van der Waals surface area contributed by atoms with Gasteiger partial charge in [0.15, 0.2) is 0 Å². The number of nitrogens with zero attached hydrogens (tertiary/aromatic N) is 2. The first-order valence-electron chi connectivity index (χ1n) is 18.1. The van der Waals surface area contributed by atoms with Crippen LogP contribution in [-0.4, -0.2) is 4.57 Å². The van der Waals surface area contributed by atoms with Crippen LogP contribution in [0.4, 0.5) is 0 Å². The van der Waals surface area contributed by atoms with E-state index in [1.165, 1.54) is 81.9 Å². The Morgan fingerprint density at radius 1 is 0.377 bits per heavy atom. The minimum Gasteiger partial charge on any atom is -0.309 e. The van der Waals surface area contributed by atoms with E-state index < -0.39 is 0 Å². The van der Waals surface area contributed by atoms with Crippen LogP contribution in [0.15, 0.2) is 182 Å². The van der Waals surface area contributed by atoms with Gasteiger partial charge < -0.3 is 4.57 Å². The number of fused-ring (bicyclic) bond motifs is 3. The Kier molecular flexibility index (Phi) is 6.35. The average Bonchev–Trinajstić information content (AvgIpc) is 3.57. The molecule has 10 aromatic carbocycles. The molecule has 2 heteroatoms. The van der Waals surface area contributed by atoms with Gasteiger partial charge in [-0.1, -0.05) is 152 Å². The maximum Gasteiger partial charge on any atom is 0.0992 e. The molecule has 1 heterocycles. The SMILES string of the molecule is N#Cc1cc2ccc3c(-c4ccc(-c5c6ccccc6c(-c6cccc7ccccc67)c6ccccc56)cc4)ccc4c3c2c(c1)n4-c1ccccc1. The third-order valence-electron chi connectivity index (χ3n) is 11.2. The molecule has 0 radical (unpaired) electrons. The van der Waals surface area contributed by atoms with Crippen LogP contribution in [0, 0.1) is 11.3 Å². The molecule has 0 fully saturated rings. The Bertz CT molecular complexity index is 3210. The minimum atomic E-state index is 0.668. The third kappa shape index (κ3) is 4.32. The molecule has 2 nitrogen and oxygen atoms in total.